The van der Waals surface area contributed by atoms with E-state index in [-0.39, 0.29) is 11.9 Å². The van der Waals surface area contributed by atoms with Crippen LogP contribution in [0.25, 0.3) is 0 Å². The molecule has 4 heteroatoms. The van der Waals surface area contributed by atoms with Gasteiger partial charge in [0, 0.05) is 23.0 Å². The van der Waals surface area contributed by atoms with Crippen LogP contribution < -0.4 is 5.32 Å². The molecule has 130 valence electrons. The van der Waals surface area contributed by atoms with Gasteiger partial charge < -0.3 is 5.32 Å². The first-order valence-corrected chi connectivity index (χ1v) is 9.60. The standard InChI is InChI=1S/C20H28N2OS/c1-5-18(19-8-7-13-24-19)21-20(23)17-11-9-16(10-12-17)14-22(6-2)15(3)4/h7-13,15,18H,5-6,14H2,1-4H3,(H,21,23). The SMILES string of the molecule is CCC(NC(=O)c1ccc(CN(CC)C(C)C)cc1)c1cccs1. The molecule has 1 atom stereocenters. The van der Waals surface area contributed by atoms with Crippen LogP contribution in [-0.2, 0) is 6.54 Å². The van der Waals surface area contributed by atoms with Crippen molar-refractivity contribution in [3.05, 3.63) is 57.8 Å². The van der Waals surface area contributed by atoms with Gasteiger partial charge in [-0.15, -0.1) is 11.3 Å². The Balaban J connectivity index is 2.00. The van der Waals surface area contributed by atoms with E-state index in [0.29, 0.717) is 6.04 Å². The fourth-order valence-corrected chi connectivity index (χ4v) is 3.62. The maximum atomic E-state index is 12.5. The lowest BCUT2D eigenvalue weighted by molar-refractivity contribution is 0.0936. The molecule has 0 spiro atoms. The van der Waals surface area contributed by atoms with E-state index >= 15 is 0 Å². The summed E-state index contributed by atoms with van der Waals surface area (Å²) in [5, 5.41) is 5.18. The third-order valence-electron chi connectivity index (χ3n) is 4.34. The Morgan fingerprint density at radius 3 is 2.38 bits per heavy atom. The topological polar surface area (TPSA) is 32.3 Å². The molecular weight excluding hydrogens is 316 g/mol. The third-order valence-corrected chi connectivity index (χ3v) is 5.32. The number of benzene rings is 1. The van der Waals surface area contributed by atoms with E-state index in [1.54, 1.807) is 11.3 Å². The van der Waals surface area contributed by atoms with Gasteiger partial charge >= 0.3 is 0 Å². The molecule has 1 aromatic carbocycles. The Morgan fingerprint density at radius 2 is 1.88 bits per heavy atom. The predicted molar refractivity (Wildman–Crippen MR) is 102 cm³/mol. The Morgan fingerprint density at radius 1 is 1.17 bits per heavy atom. The van der Waals surface area contributed by atoms with E-state index in [2.05, 4.69) is 56.1 Å². The highest BCUT2D eigenvalue weighted by Crippen LogP contribution is 2.22. The minimum atomic E-state index is -0.00185. The summed E-state index contributed by atoms with van der Waals surface area (Å²) < 4.78 is 0. The van der Waals surface area contributed by atoms with Crippen molar-refractivity contribution in [1.82, 2.24) is 10.2 Å². The highest BCUT2D eigenvalue weighted by molar-refractivity contribution is 7.10. The number of thiophene rings is 1. The minimum Gasteiger partial charge on any atom is -0.344 e. The summed E-state index contributed by atoms with van der Waals surface area (Å²) in [4.78, 5) is 16.1. The minimum absolute atomic E-state index is 0.00185. The molecule has 1 aromatic heterocycles. The fraction of sp³-hybridized carbons (Fsp3) is 0.450. The highest BCUT2D eigenvalue weighted by atomic mass is 32.1. The van der Waals surface area contributed by atoms with Crippen molar-refractivity contribution in [3.8, 4) is 0 Å². The van der Waals surface area contributed by atoms with Crippen LogP contribution in [-0.4, -0.2) is 23.4 Å². The lowest BCUT2D eigenvalue weighted by Crippen LogP contribution is -2.30. The van der Waals surface area contributed by atoms with Gasteiger partial charge in [0.05, 0.1) is 6.04 Å². The summed E-state index contributed by atoms with van der Waals surface area (Å²) in [5.41, 5.74) is 1.97. The summed E-state index contributed by atoms with van der Waals surface area (Å²) in [6.07, 6.45) is 0.893. The molecule has 3 nitrogen and oxygen atoms in total. The second-order valence-electron chi connectivity index (χ2n) is 6.30. The van der Waals surface area contributed by atoms with Crippen molar-refractivity contribution in [2.45, 2.75) is 52.7 Å². The molecule has 0 bridgehead atoms. The molecule has 0 aliphatic rings. The zero-order valence-corrected chi connectivity index (χ0v) is 15.9. The molecule has 2 rings (SSSR count). The van der Waals surface area contributed by atoms with Crippen LogP contribution in [0.4, 0.5) is 0 Å². The van der Waals surface area contributed by atoms with Gasteiger partial charge in [-0.3, -0.25) is 9.69 Å². The molecule has 0 fully saturated rings. The number of nitrogens with one attached hydrogen (secondary N) is 1. The number of hydrogen-bond acceptors (Lipinski definition) is 3. The second-order valence-corrected chi connectivity index (χ2v) is 7.28. The van der Waals surface area contributed by atoms with E-state index in [4.69, 9.17) is 0 Å². The Kier molecular flexibility index (Phi) is 7.00. The lowest BCUT2D eigenvalue weighted by Gasteiger charge is -2.24. The highest BCUT2D eigenvalue weighted by Gasteiger charge is 2.15. The van der Waals surface area contributed by atoms with Gasteiger partial charge in [-0.25, -0.2) is 0 Å². The van der Waals surface area contributed by atoms with Crippen LogP contribution in [0.5, 0.6) is 0 Å². The van der Waals surface area contributed by atoms with Crippen LogP contribution in [0, 0.1) is 0 Å². The van der Waals surface area contributed by atoms with E-state index in [9.17, 15) is 4.79 Å². The van der Waals surface area contributed by atoms with E-state index < -0.39 is 0 Å². The first kappa shape index (κ1) is 18.7. The van der Waals surface area contributed by atoms with Crippen molar-refractivity contribution >= 4 is 17.2 Å². The number of rotatable bonds is 8. The maximum Gasteiger partial charge on any atom is 0.251 e. The molecule has 0 aliphatic heterocycles. The van der Waals surface area contributed by atoms with Crippen LogP contribution in [0.15, 0.2) is 41.8 Å². The average molecular weight is 345 g/mol. The van der Waals surface area contributed by atoms with E-state index in [1.165, 1.54) is 10.4 Å². The van der Waals surface area contributed by atoms with Gasteiger partial charge in [0.25, 0.3) is 5.91 Å². The molecule has 1 heterocycles. The Hall–Kier alpha value is -1.65. The maximum absolute atomic E-state index is 12.5. The van der Waals surface area contributed by atoms with Crippen molar-refractivity contribution in [2.24, 2.45) is 0 Å². The number of carbonyl (C=O) groups excluding carboxylic acids is 1. The Bertz CT molecular complexity index is 620. The summed E-state index contributed by atoms with van der Waals surface area (Å²) in [7, 11) is 0. The predicted octanol–water partition coefficient (Wildman–Crippen LogP) is 4.86. The second kappa shape index (κ2) is 9.00. The molecular formula is C20H28N2OS. The summed E-state index contributed by atoms with van der Waals surface area (Å²) in [6.45, 7) is 10.6. The van der Waals surface area contributed by atoms with Gasteiger partial charge in [-0.2, -0.15) is 0 Å². The van der Waals surface area contributed by atoms with Crippen LogP contribution in [0.3, 0.4) is 0 Å². The quantitative estimate of drug-likeness (QED) is 0.742. The first-order chi connectivity index (χ1) is 11.5. The number of carbonyl (C=O) groups is 1. The van der Waals surface area contributed by atoms with Gasteiger partial charge in [-0.05, 0) is 56.0 Å². The average Bonchev–Trinajstić information content (AvgIpc) is 3.12. The number of nitrogens with zero attached hydrogens (tertiary/aromatic N) is 1. The summed E-state index contributed by atoms with van der Waals surface area (Å²) >= 11 is 1.69. The van der Waals surface area contributed by atoms with Gasteiger partial charge in [0.2, 0.25) is 0 Å². The molecule has 24 heavy (non-hydrogen) atoms. The van der Waals surface area contributed by atoms with Crippen LogP contribution in [0.2, 0.25) is 0 Å². The van der Waals surface area contributed by atoms with E-state index in [1.807, 2.05) is 23.6 Å². The molecule has 0 aliphatic carbocycles. The molecule has 2 aromatic rings. The normalized spacial score (nSPS) is 12.6. The lowest BCUT2D eigenvalue weighted by atomic mass is 10.1. The third kappa shape index (κ3) is 4.92. The van der Waals surface area contributed by atoms with Crippen molar-refractivity contribution in [2.75, 3.05) is 6.54 Å². The first-order valence-electron chi connectivity index (χ1n) is 8.72. The molecule has 1 N–H and O–H groups in total. The van der Waals surface area contributed by atoms with Gasteiger partial charge in [-0.1, -0.05) is 32.0 Å². The summed E-state index contributed by atoms with van der Waals surface area (Å²) in [6, 6.07) is 12.7. The van der Waals surface area contributed by atoms with Crippen LogP contribution >= 0.6 is 11.3 Å². The molecule has 0 radical (unpaired) electrons. The van der Waals surface area contributed by atoms with Gasteiger partial charge in [0.15, 0.2) is 0 Å². The largest absolute Gasteiger partial charge is 0.344 e. The van der Waals surface area contributed by atoms with Crippen molar-refractivity contribution in [3.63, 3.8) is 0 Å². The number of amides is 1. The number of hydrogen-bond donors (Lipinski definition) is 1. The smallest absolute Gasteiger partial charge is 0.251 e. The van der Waals surface area contributed by atoms with E-state index in [0.717, 1.165) is 25.1 Å². The molecule has 1 amide bonds. The Labute approximate surface area is 149 Å². The molecule has 1 unspecified atom stereocenters. The molecule has 0 saturated heterocycles. The monoisotopic (exact) mass is 344 g/mol. The zero-order chi connectivity index (χ0) is 17.5. The fourth-order valence-electron chi connectivity index (χ4n) is 2.76. The van der Waals surface area contributed by atoms with Crippen molar-refractivity contribution < 1.29 is 4.79 Å². The zero-order valence-electron chi connectivity index (χ0n) is 15.1. The molecule has 0 saturated carbocycles. The van der Waals surface area contributed by atoms with Crippen molar-refractivity contribution in [1.29, 1.82) is 0 Å². The summed E-state index contributed by atoms with van der Waals surface area (Å²) in [5.74, 6) is -0.00185. The van der Waals surface area contributed by atoms with Gasteiger partial charge in [0.1, 0.15) is 0 Å². The van der Waals surface area contributed by atoms with Crippen LogP contribution in [0.1, 0.15) is 61.0 Å².